The molecule has 1 aliphatic heterocycles. The Morgan fingerprint density at radius 1 is 0.806 bits per heavy atom. The smallest absolute Gasteiger partial charge is 0.274 e. The first-order chi connectivity index (χ1) is 17.7. The summed E-state index contributed by atoms with van der Waals surface area (Å²) in [5.74, 6) is 0.257. The zero-order chi connectivity index (χ0) is 24.5. The third kappa shape index (κ3) is 3.94. The number of carbonyl (C=O) groups is 2. The maximum atomic E-state index is 13.0. The van der Waals surface area contributed by atoms with Crippen molar-refractivity contribution in [2.75, 3.05) is 31.5 Å². The highest BCUT2D eigenvalue weighted by Crippen LogP contribution is 2.23. The molecule has 1 N–H and O–H groups in total. The molecule has 0 unspecified atom stereocenters. The largest absolute Gasteiger partial charge is 0.337 e. The first kappa shape index (κ1) is 21.5. The lowest BCUT2D eigenvalue weighted by Crippen LogP contribution is -2.50. The topological polar surface area (TPSA) is 134 Å². The lowest BCUT2D eigenvalue weighted by molar-refractivity contribution is 0.0531. The van der Waals surface area contributed by atoms with Crippen molar-refractivity contribution >= 4 is 40.0 Å². The molecule has 3 aromatic heterocycles. The minimum absolute atomic E-state index is 0.0824. The molecule has 4 heterocycles. The van der Waals surface area contributed by atoms with Crippen LogP contribution in [0.3, 0.4) is 0 Å². The second kappa shape index (κ2) is 8.98. The summed E-state index contributed by atoms with van der Waals surface area (Å²) in [7, 11) is 0. The molecular weight excluding hydrogens is 460 g/mol. The number of carbonyl (C=O) groups excluding carboxylic acids is 2. The minimum atomic E-state index is -0.176. The summed E-state index contributed by atoms with van der Waals surface area (Å²) in [6.07, 6.45) is 1.53. The van der Waals surface area contributed by atoms with E-state index in [-0.39, 0.29) is 11.8 Å². The summed E-state index contributed by atoms with van der Waals surface area (Å²) in [5, 5.41) is 22.8. The monoisotopic (exact) mass is 480 g/mol. The number of tetrazole rings is 1. The van der Waals surface area contributed by atoms with Crippen LogP contribution in [0.2, 0.25) is 0 Å². The van der Waals surface area contributed by atoms with Gasteiger partial charge in [-0.05, 0) is 59.0 Å². The highest BCUT2D eigenvalue weighted by Gasteiger charge is 2.26. The Bertz CT molecular complexity index is 1560. The van der Waals surface area contributed by atoms with Gasteiger partial charge in [-0.2, -0.15) is 9.61 Å². The molecule has 5 aromatic rings. The fraction of sp³-hybridized carbons (Fsp3) is 0.167. The van der Waals surface area contributed by atoms with Gasteiger partial charge in [-0.15, -0.1) is 10.2 Å². The predicted octanol–water partition coefficient (Wildman–Crippen LogP) is 1.80. The van der Waals surface area contributed by atoms with Crippen molar-refractivity contribution < 1.29 is 9.59 Å². The summed E-state index contributed by atoms with van der Waals surface area (Å²) in [6, 6.07) is 18.1. The fourth-order valence-electron chi connectivity index (χ4n) is 4.19. The van der Waals surface area contributed by atoms with E-state index < -0.39 is 0 Å². The van der Waals surface area contributed by atoms with Crippen LogP contribution < -0.4 is 5.32 Å². The van der Waals surface area contributed by atoms with E-state index in [1.807, 2.05) is 36.4 Å². The number of benzene rings is 2. The van der Waals surface area contributed by atoms with Crippen LogP contribution in [0, 0.1) is 0 Å². The molecule has 12 heteroatoms. The summed E-state index contributed by atoms with van der Waals surface area (Å²) in [6.45, 7) is 1.78. The van der Waals surface area contributed by atoms with Crippen LogP contribution in [0.5, 0.6) is 0 Å². The van der Waals surface area contributed by atoms with Crippen molar-refractivity contribution in [2.45, 2.75) is 0 Å². The van der Waals surface area contributed by atoms with Crippen molar-refractivity contribution in [1.82, 2.24) is 45.0 Å². The molecule has 1 fully saturated rings. The summed E-state index contributed by atoms with van der Waals surface area (Å²) < 4.78 is 1.64. The van der Waals surface area contributed by atoms with Crippen LogP contribution in [0.4, 0.5) is 11.5 Å². The number of anilines is 2. The van der Waals surface area contributed by atoms with Gasteiger partial charge in [0.25, 0.3) is 11.8 Å². The second-order valence-electron chi connectivity index (χ2n) is 8.26. The molecule has 6 rings (SSSR count). The third-order valence-corrected chi connectivity index (χ3v) is 6.06. The number of nitrogens with zero attached hydrogens (tertiary/aromatic N) is 9. The Labute approximate surface area is 204 Å². The number of aromatic nitrogens is 7. The molecule has 178 valence electrons. The molecule has 0 spiro atoms. The highest BCUT2D eigenvalue weighted by molar-refractivity contribution is 5.95. The molecule has 0 bridgehead atoms. The van der Waals surface area contributed by atoms with E-state index in [0.717, 1.165) is 16.7 Å². The van der Waals surface area contributed by atoms with Crippen molar-refractivity contribution in [3.63, 3.8) is 0 Å². The Hall–Kier alpha value is -5.00. The van der Waals surface area contributed by atoms with Gasteiger partial charge in [0.2, 0.25) is 5.65 Å². The maximum absolute atomic E-state index is 13.0. The lowest BCUT2D eigenvalue weighted by Gasteiger charge is -2.34. The summed E-state index contributed by atoms with van der Waals surface area (Å²) in [4.78, 5) is 33.7. The van der Waals surface area contributed by atoms with E-state index >= 15 is 0 Å². The minimum Gasteiger partial charge on any atom is -0.337 e. The molecular formula is C24H20N10O2. The van der Waals surface area contributed by atoms with E-state index in [0.29, 0.717) is 48.9 Å². The number of nitrogens with one attached hydrogen (secondary N) is 1. The first-order valence-electron chi connectivity index (χ1n) is 11.4. The van der Waals surface area contributed by atoms with Crippen molar-refractivity contribution in [3.05, 3.63) is 78.1 Å². The van der Waals surface area contributed by atoms with Crippen molar-refractivity contribution in [2.24, 2.45) is 0 Å². The van der Waals surface area contributed by atoms with E-state index in [9.17, 15) is 9.59 Å². The highest BCUT2D eigenvalue weighted by atomic mass is 16.2. The number of hydrogen-bond acceptors (Lipinski definition) is 9. The number of amides is 2. The molecule has 12 nitrogen and oxygen atoms in total. The molecule has 36 heavy (non-hydrogen) atoms. The number of rotatable bonds is 4. The fourth-order valence-corrected chi connectivity index (χ4v) is 4.19. The lowest BCUT2D eigenvalue weighted by atomic mass is 10.1. The molecule has 0 saturated carbocycles. The predicted molar refractivity (Wildman–Crippen MR) is 130 cm³/mol. The molecule has 0 aliphatic carbocycles. The standard InChI is InChI=1S/C24H20N10O2/c35-23(32-12-14-33(15-13-32)24(36)19-5-3-11-25-28-19)16-7-9-17(10-8-16)26-21-22-29-30-31-34(22)20-6-2-1-4-18(20)27-21/h1-11H,12-15H2,(H,26,27). The molecule has 0 atom stereocenters. The quantitative estimate of drug-likeness (QED) is 0.408. The number of hydrogen-bond donors (Lipinski definition) is 1. The third-order valence-electron chi connectivity index (χ3n) is 6.06. The number of piperazine rings is 1. The van der Waals surface area contributed by atoms with Gasteiger partial charge in [0, 0.05) is 43.6 Å². The molecule has 2 aromatic carbocycles. The number of para-hydroxylation sites is 2. The van der Waals surface area contributed by atoms with E-state index in [4.69, 9.17) is 0 Å². The van der Waals surface area contributed by atoms with Crippen LogP contribution in [-0.4, -0.2) is 83.0 Å². The maximum Gasteiger partial charge on any atom is 0.274 e. The Balaban J connectivity index is 1.13. The Kier molecular flexibility index (Phi) is 5.37. The second-order valence-corrected chi connectivity index (χ2v) is 8.26. The van der Waals surface area contributed by atoms with Crippen molar-refractivity contribution in [1.29, 1.82) is 0 Å². The Morgan fingerprint density at radius 2 is 1.56 bits per heavy atom. The molecule has 2 amide bonds. The van der Waals surface area contributed by atoms with E-state index in [1.54, 1.807) is 38.6 Å². The van der Waals surface area contributed by atoms with Crippen LogP contribution in [0.25, 0.3) is 16.7 Å². The van der Waals surface area contributed by atoms with Gasteiger partial charge < -0.3 is 15.1 Å². The zero-order valence-electron chi connectivity index (χ0n) is 19.0. The van der Waals surface area contributed by atoms with Gasteiger partial charge in [0.15, 0.2) is 11.5 Å². The molecule has 1 saturated heterocycles. The van der Waals surface area contributed by atoms with Gasteiger partial charge in [0.05, 0.1) is 11.0 Å². The van der Waals surface area contributed by atoms with Crippen LogP contribution in [0.1, 0.15) is 20.8 Å². The van der Waals surface area contributed by atoms with Crippen molar-refractivity contribution in [3.8, 4) is 0 Å². The normalized spacial score (nSPS) is 13.8. The first-order valence-corrected chi connectivity index (χ1v) is 11.4. The molecule has 1 aliphatic rings. The van der Waals surface area contributed by atoms with Crippen LogP contribution in [0.15, 0.2) is 66.9 Å². The van der Waals surface area contributed by atoms with Gasteiger partial charge in [-0.3, -0.25) is 9.59 Å². The van der Waals surface area contributed by atoms with E-state index in [1.165, 1.54) is 6.20 Å². The van der Waals surface area contributed by atoms with E-state index in [2.05, 4.69) is 36.0 Å². The zero-order valence-corrected chi connectivity index (χ0v) is 19.0. The average Bonchev–Trinajstić information content (AvgIpc) is 3.44. The van der Waals surface area contributed by atoms with Gasteiger partial charge >= 0.3 is 0 Å². The number of fused-ring (bicyclic) bond motifs is 3. The van der Waals surface area contributed by atoms with Gasteiger partial charge in [-0.25, -0.2) is 4.98 Å². The average molecular weight is 480 g/mol. The Morgan fingerprint density at radius 3 is 2.31 bits per heavy atom. The summed E-state index contributed by atoms with van der Waals surface area (Å²) >= 11 is 0. The van der Waals surface area contributed by atoms with Gasteiger partial charge in [-0.1, -0.05) is 12.1 Å². The van der Waals surface area contributed by atoms with Crippen LogP contribution >= 0.6 is 0 Å². The summed E-state index contributed by atoms with van der Waals surface area (Å²) in [5.41, 5.74) is 3.68. The van der Waals surface area contributed by atoms with Crippen LogP contribution in [-0.2, 0) is 0 Å². The molecule has 0 radical (unpaired) electrons. The van der Waals surface area contributed by atoms with Gasteiger partial charge in [0.1, 0.15) is 0 Å². The SMILES string of the molecule is O=C(c1ccc(Nc2nc3ccccc3n3nnnc23)cc1)N1CCN(C(=O)c2cccnn2)CC1.